The van der Waals surface area contributed by atoms with Crippen LogP contribution >= 0.6 is 0 Å². The first kappa shape index (κ1) is 20.9. The second-order valence-electron chi connectivity index (χ2n) is 10.5. The highest BCUT2D eigenvalue weighted by Crippen LogP contribution is 2.61. The molecule has 34 heavy (non-hydrogen) atoms. The van der Waals surface area contributed by atoms with Gasteiger partial charge >= 0.3 is 0 Å². The fourth-order valence-corrected chi connectivity index (χ4v) is 5.75. The Bertz CT molecular complexity index is 1390. The van der Waals surface area contributed by atoms with E-state index in [0.717, 1.165) is 17.3 Å². The molecule has 6 rings (SSSR count). The standard InChI is InChI=1S/C30H30N4/c1-20-11-9-10-14-23(20)21-15-16-24-25(19-21)34-27-26(31-17-18-32-27)33(22-12-7-6-8-13-22)28(34)30(4,5)29(24,2)3/h6-19,28H,1-5H3. The summed E-state index contributed by atoms with van der Waals surface area (Å²) < 4.78 is 0. The Morgan fingerprint density at radius 1 is 0.735 bits per heavy atom. The van der Waals surface area contributed by atoms with E-state index in [1.54, 1.807) is 6.20 Å². The third kappa shape index (κ3) is 2.71. The molecule has 4 nitrogen and oxygen atoms in total. The normalized spacial score (nSPS) is 19.4. The Kier molecular flexibility index (Phi) is 4.41. The lowest BCUT2D eigenvalue weighted by atomic mass is 9.59. The minimum absolute atomic E-state index is 0.0434. The molecule has 170 valence electrons. The molecule has 1 aromatic heterocycles. The zero-order valence-electron chi connectivity index (χ0n) is 20.4. The largest absolute Gasteiger partial charge is 0.301 e. The third-order valence-electron chi connectivity index (χ3n) is 8.28. The molecule has 1 unspecified atom stereocenters. The molecular formula is C30H30N4. The predicted molar refractivity (Wildman–Crippen MR) is 140 cm³/mol. The van der Waals surface area contributed by atoms with Gasteiger partial charge in [0, 0.05) is 34.6 Å². The molecule has 3 heterocycles. The first-order chi connectivity index (χ1) is 16.3. The van der Waals surface area contributed by atoms with Gasteiger partial charge in [-0.3, -0.25) is 0 Å². The van der Waals surface area contributed by atoms with Crippen molar-refractivity contribution in [2.24, 2.45) is 5.41 Å². The summed E-state index contributed by atoms with van der Waals surface area (Å²) in [5.74, 6) is 1.83. The number of fused-ring (bicyclic) bond motifs is 5. The summed E-state index contributed by atoms with van der Waals surface area (Å²) in [6.45, 7) is 11.7. The number of benzene rings is 3. The van der Waals surface area contributed by atoms with E-state index in [-0.39, 0.29) is 17.0 Å². The van der Waals surface area contributed by atoms with Gasteiger partial charge in [0.2, 0.25) is 0 Å². The summed E-state index contributed by atoms with van der Waals surface area (Å²) in [4.78, 5) is 14.5. The molecule has 2 aliphatic rings. The van der Waals surface area contributed by atoms with Gasteiger partial charge in [0.1, 0.15) is 6.17 Å². The SMILES string of the molecule is Cc1ccccc1-c1ccc2c(c1)N1c3nccnc3N(c3ccccc3)C1C(C)(C)C2(C)C. The van der Waals surface area contributed by atoms with E-state index in [4.69, 9.17) is 9.97 Å². The smallest absolute Gasteiger partial charge is 0.178 e. The van der Waals surface area contributed by atoms with Gasteiger partial charge in [-0.1, -0.05) is 82.3 Å². The molecule has 0 bridgehead atoms. The van der Waals surface area contributed by atoms with Gasteiger partial charge in [0.25, 0.3) is 0 Å². The number of nitrogens with zero attached hydrogens (tertiary/aromatic N) is 4. The van der Waals surface area contributed by atoms with Crippen LogP contribution in [0, 0.1) is 12.3 Å². The van der Waals surface area contributed by atoms with E-state index in [1.807, 2.05) is 6.20 Å². The molecular weight excluding hydrogens is 416 g/mol. The van der Waals surface area contributed by atoms with Gasteiger partial charge in [0.05, 0.1) is 0 Å². The van der Waals surface area contributed by atoms with Gasteiger partial charge in [-0.2, -0.15) is 0 Å². The maximum atomic E-state index is 4.87. The third-order valence-corrected chi connectivity index (χ3v) is 8.28. The minimum atomic E-state index is -0.109. The molecule has 3 aromatic carbocycles. The van der Waals surface area contributed by atoms with Crippen LogP contribution in [0.15, 0.2) is 85.2 Å². The number of aryl methyl sites for hydroxylation is 1. The van der Waals surface area contributed by atoms with Crippen LogP contribution in [0.3, 0.4) is 0 Å². The number of aromatic nitrogens is 2. The van der Waals surface area contributed by atoms with Crippen molar-refractivity contribution in [3.05, 3.63) is 96.3 Å². The molecule has 4 aromatic rings. The van der Waals surface area contributed by atoms with E-state index in [0.29, 0.717) is 0 Å². The second-order valence-corrected chi connectivity index (χ2v) is 10.5. The van der Waals surface area contributed by atoms with E-state index in [1.165, 1.54) is 27.9 Å². The van der Waals surface area contributed by atoms with E-state index in [2.05, 4.69) is 117 Å². The summed E-state index contributed by atoms with van der Waals surface area (Å²) >= 11 is 0. The quantitative estimate of drug-likeness (QED) is 0.321. The maximum absolute atomic E-state index is 4.87. The summed E-state index contributed by atoms with van der Waals surface area (Å²) in [6, 6.07) is 26.2. The number of rotatable bonds is 2. The van der Waals surface area contributed by atoms with E-state index in [9.17, 15) is 0 Å². The van der Waals surface area contributed by atoms with Crippen LogP contribution < -0.4 is 9.80 Å². The fourth-order valence-electron chi connectivity index (χ4n) is 5.75. The van der Waals surface area contributed by atoms with Crippen LogP contribution in [0.1, 0.15) is 38.8 Å². The van der Waals surface area contributed by atoms with Gasteiger partial charge in [0.15, 0.2) is 11.6 Å². The molecule has 0 radical (unpaired) electrons. The van der Waals surface area contributed by atoms with Gasteiger partial charge < -0.3 is 9.80 Å². The van der Waals surface area contributed by atoms with E-state index < -0.39 is 0 Å². The molecule has 4 heteroatoms. The van der Waals surface area contributed by atoms with Crippen molar-refractivity contribution in [3.8, 4) is 11.1 Å². The number of hydrogen-bond donors (Lipinski definition) is 0. The van der Waals surface area contributed by atoms with Crippen molar-refractivity contribution in [1.29, 1.82) is 0 Å². The van der Waals surface area contributed by atoms with Crippen molar-refractivity contribution in [3.63, 3.8) is 0 Å². The average Bonchev–Trinajstić information content (AvgIpc) is 3.20. The molecule has 0 fully saturated rings. The molecule has 0 saturated heterocycles. The Balaban J connectivity index is 1.64. The minimum Gasteiger partial charge on any atom is -0.301 e. The summed E-state index contributed by atoms with van der Waals surface area (Å²) in [7, 11) is 0. The second kappa shape index (κ2) is 7.17. The first-order valence-corrected chi connectivity index (χ1v) is 12.0. The number of hydrogen-bond acceptors (Lipinski definition) is 4. The predicted octanol–water partition coefficient (Wildman–Crippen LogP) is 7.39. The van der Waals surface area contributed by atoms with Crippen LogP contribution in [-0.2, 0) is 5.41 Å². The van der Waals surface area contributed by atoms with Crippen LogP contribution in [0.5, 0.6) is 0 Å². The molecule has 0 amide bonds. The van der Waals surface area contributed by atoms with Crippen molar-refractivity contribution in [1.82, 2.24) is 9.97 Å². The zero-order chi connectivity index (χ0) is 23.7. The summed E-state index contributed by atoms with van der Waals surface area (Å²) in [5.41, 5.74) is 7.29. The monoisotopic (exact) mass is 446 g/mol. The first-order valence-electron chi connectivity index (χ1n) is 12.0. The van der Waals surface area contributed by atoms with Crippen LogP contribution in [-0.4, -0.2) is 16.1 Å². The molecule has 0 N–H and O–H groups in total. The highest BCUT2D eigenvalue weighted by molar-refractivity contribution is 5.88. The fraction of sp³-hybridized carbons (Fsp3) is 0.267. The average molecular weight is 447 g/mol. The van der Waals surface area contributed by atoms with Gasteiger partial charge in [-0.25, -0.2) is 9.97 Å². The van der Waals surface area contributed by atoms with Crippen molar-refractivity contribution >= 4 is 23.0 Å². The summed E-state index contributed by atoms with van der Waals surface area (Å²) in [5, 5.41) is 0. The Morgan fingerprint density at radius 3 is 2.09 bits per heavy atom. The maximum Gasteiger partial charge on any atom is 0.178 e. The van der Waals surface area contributed by atoms with Crippen LogP contribution in [0.2, 0.25) is 0 Å². The van der Waals surface area contributed by atoms with E-state index >= 15 is 0 Å². The highest BCUT2D eigenvalue weighted by Gasteiger charge is 2.58. The topological polar surface area (TPSA) is 32.3 Å². The molecule has 1 atom stereocenters. The number of anilines is 4. The molecule has 0 spiro atoms. The highest BCUT2D eigenvalue weighted by atomic mass is 15.5. The van der Waals surface area contributed by atoms with Crippen LogP contribution in [0.4, 0.5) is 23.0 Å². The molecule has 2 aliphatic heterocycles. The molecule has 0 saturated carbocycles. The Hall–Kier alpha value is -3.66. The summed E-state index contributed by atoms with van der Waals surface area (Å²) in [6.07, 6.45) is 3.65. The van der Waals surface area contributed by atoms with Crippen molar-refractivity contribution in [2.75, 3.05) is 9.80 Å². The zero-order valence-corrected chi connectivity index (χ0v) is 20.4. The Labute approximate surface area is 201 Å². The lowest BCUT2D eigenvalue weighted by molar-refractivity contribution is 0.146. The lowest BCUT2D eigenvalue weighted by Crippen LogP contribution is -2.60. The van der Waals surface area contributed by atoms with Crippen LogP contribution in [0.25, 0.3) is 11.1 Å². The van der Waals surface area contributed by atoms with Gasteiger partial charge in [-0.15, -0.1) is 0 Å². The van der Waals surface area contributed by atoms with Gasteiger partial charge in [-0.05, 0) is 47.4 Å². The lowest BCUT2D eigenvalue weighted by Gasteiger charge is -2.56. The van der Waals surface area contributed by atoms with Crippen molar-refractivity contribution < 1.29 is 0 Å². The molecule has 0 aliphatic carbocycles. The Morgan fingerprint density at radius 2 is 1.38 bits per heavy atom. The van der Waals surface area contributed by atoms with Crippen molar-refractivity contribution in [2.45, 2.75) is 46.2 Å². The number of para-hydroxylation sites is 1.